The molecule has 0 saturated carbocycles. The topological polar surface area (TPSA) is 49.4 Å². The summed E-state index contributed by atoms with van der Waals surface area (Å²) in [6.07, 6.45) is 0. The highest BCUT2D eigenvalue weighted by Crippen LogP contribution is 2.19. The second-order valence-electron chi connectivity index (χ2n) is 4.01. The van der Waals surface area contributed by atoms with E-state index >= 15 is 0 Å². The van der Waals surface area contributed by atoms with E-state index in [9.17, 15) is 8.42 Å². The van der Waals surface area contributed by atoms with Crippen molar-refractivity contribution in [1.82, 2.24) is 4.31 Å². The van der Waals surface area contributed by atoms with Crippen LogP contribution in [0.5, 0.6) is 0 Å². The SMILES string of the molecule is CC(C)N(C)S(=O)(=O)Nc1ccccc1CCl. The number of alkyl halides is 1. The van der Waals surface area contributed by atoms with Crippen LogP contribution in [-0.2, 0) is 16.1 Å². The Labute approximate surface area is 108 Å². The summed E-state index contributed by atoms with van der Waals surface area (Å²) in [5.74, 6) is 0.268. The smallest absolute Gasteiger partial charge is 0.271 e. The summed E-state index contributed by atoms with van der Waals surface area (Å²) in [4.78, 5) is 0. The van der Waals surface area contributed by atoms with Crippen LogP contribution in [-0.4, -0.2) is 25.8 Å². The highest BCUT2D eigenvalue weighted by molar-refractivity contribution is 7.90. The number of anilines is 1. The van der Waals surface area contributed by atoms with Gasteiger partial charge in [-0.15, -0.1) is 11.6 Å². The highest BCUT2D eigenvalue weighted by atomic mass is 35.5. The van der Waals surface area contributed by atoms with E-state index < -0.39 is 10.2 Å². The molecular weight excluding hydrogens is 260 g/mol. The van der Waals surface area contributed by atoms with Gasteiger partial charge in [-0.1, -0.05) is 18.2 Å². The van der Waals surface area contributed by atoms with E-state index in [0.717, 1.165) is 5.56 Å². The van der Waals surface area contributed by atoms with Crippen LogP contribution in [0.4, 0.5) is 5.69 Å². The van der Waals surface area contributed by atoms with Crippen LogP contribution >= 0.6 is 11.6 Å². The molecule has 0 bridgehead atoms. The molecule has 0 saturated heterocycles. The average Bonchev–Trinajstić information content (AvgIpc) is 2.28. The third-order valence-corrected chi connectivity index (χ3v) is 4.45. The quantitative estimate of drug-likeness (QED) is 0.840. The zero-order valence-corrected chi connectivity index (χ0v) is 11.7. The second kappa shape index (κ2) is 5.71. The van der Waals surface area contributed by atoms with Crippen molar-refractivity contribution in [2.45, 2.75) is 25.8 Å². The number of rotatable bonds is 5. The normalized spacial score (nSPS) is 12.1. The number of nitrogens with zero attached hydrogens (tertiary/aromatic N) is 1. The predicted molar refractivity (Wildman–Crippen MR) is 71.4 cm³/mol. The van der Waals surface area contributed by atoms with Crippen molar-refractivity contribution >= 4 is 27.5 Å². The van der Waals surface area contributed by atoms with Crippen molar-refractivity contribution in [2.24, 2.45) is 0 Å². The molecule has 0 aliphatic heterocycles. The summed E-state index contributed by atoms with van der Waals surface area (Å²) in [5.41, 5.74) is 1.28. The number of para-hydroxylation sites is 1. The molecule has 1 N–H and O–H groups in total. The molecule has 0 spiro atoms. The maximum Gasteiger partial charge on any atom is 0.301 e. The Morgan fingerprint density at radius 3 is 2.47 bits per heavy atom. The second-order valence-corrected chi connectivity index (χ2v) is 6.01. The van der Waals surface area contributed by atoms with Gasteiger partial charge in [0.05, 0.1) is 5.69 Å². The molecule has 0 amide bonds. The minimum Gasteiger partial charge on any atom is -0.271 e. The van der Waals surface area contributed by atoms with E-state index in [2.05, 4.69) is 4.72 Å². The molecule has 1 rings (SSSR count). The lowest BCUT2D eigenvalue weighted by Gasteiger charge is -2.22. The first-order valence-corrected chi connectivity index (χ1v) is 7.25. The standard InChI is InChI=1S/C11H17ClN2O2S/c1-9(2)14(3)17(15,16)13-11-7-5-4-6-10(11)8-12/h4-7,9,13H,8H2,1-3H3. The Hall–Kier alpha value is -0.780. The summed E-state index contributed by atoms with van der Waals surface area (Å²) < 4.78 is 27.8. The van der Waals surface area contributed by atoms with Crippen LogP contribution in [0.2, 0.25) is 0 Å². The lowest BCUT2D eigenvalue weighted by atomic mass is 10.2. The zero-order valence-electron chi connectivity index (χ0n) is 10.1. The molecule has 1 aromatic carbocycles. The molecule has 0 radical (unpaired) electrons. The average molecular weight is 277 g/mol. The van der Waals surface area contributed by atoms with Crippen LogP contribution in [0, 0.1) is 0 Å². The van der Waals surface area contributed by atoms with Gasteiger partial charge in [-0.3, -0.25) is 4.72 Å². The van der Waals surface area contributed by atoms with Crippen LogP contribution in [0.1, 0.15) is 19.4 Å². The van der Waals surface area contributed by atoms with Gasteiger partial charge in [0.2, 0.25) is 0 Å². The Balaban J connectivity index is 2.98. The van der Waals surface area contributed by atoms with E-state index in [4.69, 9.17) is 11.6 Å². The van der Waals surface area contributed by atoms with Crippen LogP contribution in [0.25, 0.3) is 0 Å². The minimum atomic E-state index is -3.52. The maximum atomic E-state index is 12.0. The summed E-state index contributed by atoms with van der Waals surface area (Å²) in [5, 5.41) is 0. The van der Waals surface area contributed by atoms with E-state index in [1.807, 2.05) is 19.9 Å². The van der Waals surface area contributed by atoms with Gasteiger partial charge in [-0.05, 0) is 25.5 Å². The van der Waals surface area contributed by atoms with Crippen molar-refractivity contribution in [2.75, 3.05) is 11.8 Å². The fraction of sp³-hybridized carbons (Fsp3) is 0.455. The third-order valence-electron chi connectivity index (χ3n) is 2.51. The maximum absolute atomic E-state index is 12.0. The molecule has 1 aromatic rings. The van der Waals surface area contributed by atoms with Gasteiger partial charge in [0.25, 0.3) is 0 Å². The summed E-state index contributed by atoms with van der Waals surface area (Å²) in [6, 6.07) is 6.98. The van der Waals surface area contributed by atoms with Crippen molar-refractivity contribution in [1.29, 1.82) is 0 Å². The molecule has 6 heteroatoms. The Morgan fingerprint density at radius 1 is 1.35 bits per heavy atom. The Bertz CT molecular complexity index is 474. The van der Waals surface area contributed by atoms with E-state index in [0.29, 0.717) is 5.69 Å². The van der Waals surface area contributed by atoms with Gasteiger partial charge in [0.1, 0.15) is 0 Å². The van der Waals surface area contributed by atoms with Gasteiger partial charge in [0, 0.05) is 19.0 Å². The minimum absolute atomic E-state index is 0.101. The van der Waals surface area contributed by atoms with Gasteiger partial charge < -0.3 is 0 Å². The monoisotopic (exact) mass is 276 g/mol. The third kappa shape index (κ3) is 3.59. The molecule has 0 aliphatic rings. The molecule has 0 atom stereocenters. The molecule has 4 nitrogen and oxygen atoms in total. The van der Waals surface area contributed by atoms with Crippen molar-refractivity contribution in [3.8, 4) is 0 Å². The van der Waals surface area contributed by atoms with Crippen molar-refractivity contribution in [3.05, 3.63) is 29.8 Å². The largest absolute Gasteiger partial charge is 0.301 e. The van der Waals surface area contributed by atoms with Gasteiger partial charge >= 0.3 is 10.2 Å². The van der Waals surface area contributed by atoms with E-state index in [-0.39, 0.29) is 11.9 Å². The van der Waals surface area contributed by atoms with Crippen molar-refractivity contribution < 1.29 is 8.42 Å². The first-order valence-electron chi connectivity index (χ1n) is 5.28. The molecule has 0 heterocycles. The molecule has 0 aliphatic carbocycles. The fourth-order valence-corrected chi connectivity index (χ4v) is 2.63. The number of halogens is 1. The van der Waals surface area contributed by atoms with Crippen LogP contribution < -0.4 is 4.72 Å². The Kier molecular flexibility index (Phi) is 4.80. The Morgan fingerprint density at radius 2 is 1.94 bits per heavy atom. The number of hydrogen-bond donors (Lipinski definition) is 1. The van der Waals surface area contributed by atoms with Gasteiger partial charge in [-0.25, -0.2) is 0 Å². The highest BCUT2D eigenvalue weighted by Gasteiger charge is 2.20. The lowest BCUT2D eigenvalue weighted by molar-refractivity contribution is 0.414. The van der Waals surface area contributed by atoms with Gasteiger partial charge in [-0.2, -0.15) is 12.7 Å². The molecule has 0 aromatic heterocycles. The van der Waals surface area contributed by atoms with Crippen LogP contribution in [0.15, 0.2) is 24.3 Å². The zero-order chi connectivity index (χ0) is 13.1. The molecule has 96 valence electrons. The molecule has 0 unspecified atom stereocenters. The number of benzene rings is 1. The molecule has 0 fully saturated rings. The lowest BCUT2D eigenvalue weighted by Crippen LogP contribution is -2.37. The molecule has 17 heavy (non-hydrogen) atoms. The summed E-state index contributed by atoms with van der Waals surface area (Å²) in [6.45, 7) is 3.62. The van der Waals surface area contributed by atoms with Crippen molar-refractivity contribution in [3.63, 3.8) is 0 Å². The predicted octanol–water partition coefficient (Wildman–Crippen LogP) is 2.42. The first kappa shape index (κ1) is 14.3. The van der Waals surface area contributed by atoms with Gasteiger partial charge in [0.15, 0.2) is 0 Å². The summed E-state index contributed by atoms with van der Waals surface area (Å²) in [7, 11) is -1.98. The fourth-order valence-electron chi connectivity index (χ4n) is 1.22. The van der Waals surface area contributed by atoms with E-state index in [1.165, 1.54) is 11.4 Å². The van der Waals surface area contributed by atoms with Crippen LogP contribution in [0.3, 0.4) is 0 Å². The van der Waals surface area contributed by atoms with E-state index in [1.54, 1.807) is 18.2 Å². The number of nitrogens with one attached hydrogen (secondary N) is 1. The number of hydrogen-bond acceptors (Lipinski definition) is 2. The first-order chi connectivity index (χ1) is 7.88. The molecular formula is C11H17ClN2O2S. The summed E-state index contributed by atoms with van der Waals surface area (Å²) >= 11 is 5.75.